The maximum absolute atomic E-state index is 11.9. The summed E-state index contributed by atoms with van der Waals surface area (Å²) in [7, 11) is 0. The highest BCUT2D eigenvalue weighted by Crippen LogP contribution is 2.44. The Bertz CT molecular complexity index is 381. The Hall–Kier alpha value is -0.920. The zero-order valence-corrected chi connectivity index (χ0v) is 11.7. The lowest BCUT2D eigenvalue weighted by molar-refractivity contribution is -0.121. The molecule has 2 nitrogen and oxygen atoms in total. The standard InChI is InChI=1S/C16H24O2/c1-10-6-13(5-4-11(2)17)8-15-12(3)16(18)9-14(15)7-10/h6,10,12,14-15H,4-5,7-9H2,1-3H3/t10-,12+,14-,15-/m1/s1. The Morgan fingerprint density at radius 2 is 2.06 bits per heavy atom. The molecule has 2 aliphatic carbocycles. The van der Waals surface area contributed by atoms with Crippen LogP contribution >= 0.6 is 0 Å². The van der Waals surface area contributed by atoms with Crippen molar-refractivity contribution in [2.24, 2.45) is 23.7 Å². The fraction of sp³-hybridized carbons (Fsp3) is 0.750. The highest BCUT2D eigenvalue weighted by molar-refractivity contribution is 5.83. The highest BCUT2D eigenvalue weighted by Gasteiger charge is 2.40. The molecule has 0 aliphatic heterocycles. The number of hydrogen-bond donors (Lipinski definition) is 0. The summed E-state index contributed by atoms with van der Waals surface area (Å²) in [5.41, 5.74) is 1.41. The van der Waals surface area contributed by atoms with E-state index in [1.807, 2.05) is 0 Å². The van der Waals surface area contributed by atoms with E-state index in [0.29, 0.717) is 30.0 Å². The fourth-order valence-electron chi connectivity index (χ4n) is 3.68. The van der Waals surface area contributed by atoms with Gasteiger partial charge in [0.05, 0.1) is 0 Å². The summed E-state index contributed by atoms with van der Waals surface area (Å²) >= 11 is 0. The Balaban J connectivity index is 2.08. The highest BCUT2D eigenvalue weighted by atomic mass is 16.1. The molecule has 1 fully saturated rings. The first-order valence-electron chi connectivity index (χ1n) is 7.19. The van der Waals surface area contributed by atoms with Gasteiger partial charge in [0.1, 0.15) is 11.6 Å². The van der Waals surface area contributed by atoms with Gasteiger partial charge in [-0.05, 0) is 43.9 Å². The minimum Gasteiger partial charge on any atom is -0.300 e. The van der Waals surface area contributed by atoms with Crippen LogP contribution in [0.5, 0.6) is 0 Å². The molecule has 0 spiro atoms. The maximum Gasteiger partial charge on any atom is 0.136 e. The van der Waals surface area contributed by atoms with Gasteiger partial charge in [-0.1, -0.05) is 25.5 Å². The Morgan fingerprint density at radius 3 is 2.72 bits per heavy atom. The van der Waals surface area contributed by atoms with Crippen LogP contribution in [0, 0.1) is 23.7 Å². The molecule has 0 unspecified atom stereocenters. The van der Waals surface area contributed by atoms with Crippen LogP contribution in [-0.4, -0.2) is 11.6 Å². The minimum absolute atomic E-state index is 0.223. The first-order valence-corrected chi connectivity index (χ1v) is 7.19. The van der Waals surface area contributed by atoms with Crippen molar-refractivity contribution in [1.82, 2.24) is 0 Å². The van der Waals surface area contributed by atoms with Crippen molar-refractivity contribution in [3.63, 3.8) is 0 Å². The first-order chi connectivity index (χ1) is 8.47. The molecule has 0 bridgehead atoms. The van der Waals surface area contributed by atoms with Gasteiger partial charge in [0.15, 0.2) is 0 Å². The molecule has 1 saturated carbocycles. The minimum atomic E-state index is 0.223. The summed E-state index contributed by atoms with van der Waals surface area (Å²) in [5, 5.41) is 0. The van der Waals surface area contributed by atoms with Crippen molar-refractivity contribution >= 4 is 11.6 Å². The molecule has 0 radical (unpaired) electrons. The number of fused-ring (bicyclic) bond motifs is 1. The largest absolute Gasteiger partial charge is 0.300 e. The lowest BCUT2D eigenvalue weighted by Gasteiger charge is -2.20. The van der Waals surface area contributed by atoms with Gasteiger partial charge in [0, 0.05) is 18.8 Å². The third-order valence-corrected chi connectivity index (χ3v) is 4.71. The molecular weight excluding hydrogens is 224 g/mol. The van der Waals surface area contributed by atoms with E-state index < -0.39 is 0 Å². The molecule has 0 aromatic heterocycles. The van der Waals surface area contributed by atoms with Gasteiger partial charge in [-0.2, -0.15) is 0 Å². The van der Waals surface area contributed by atoms with Crippen molar-refractivity contribution in [1.29, 1.82) is 0 Å². The predicted octanol–water partition coefficient (Wildman–Crippen LogP) is 3.55. The molecule has 0 saturated heterocycles. The third kappa shape index (κ3) is 2.90. The summed E-state index contributed by atoms with van der Waals surface area (Å²) in [5.74, 6) is 2.60. The van der Waals surface area contributed by atoms with E-state index >= 15 is 0 Å². The van der Waals surface area contributed by atoms with Crippen LogP contribution in [0.1, 0.15) is 52.9 Å². The molecule has 0 aromatic rings. The van der Waals surface area contributed by atoms with Gasteiger partial charge in [-0.3, -0.25) is 4.79 Å². The smallest absolute Gasteiger partial charge is 0.136 e. The van der Waals surface area contributed by atoms with E-state index in [0.717, 1.165) is 25.7 Å². The number of ketones is 2. The quantitative estimate of drug-likeness (QED) is 0.716. The number of allylic oxidation sites excluding steroid dienone is 2. The van der Waals surface area contributed by atoms with E-state index in [1.165, 1.54) is 5.57 Å². The second kappa shape index (κ2) is 5.38. The molecule has 0 heterocycles. The van der Waals surface area contributed by atoms with Crippen LogP contribution < -0.4 is 0 Å². The molecule has 4 atom stereocenters. The fourth-order valence-corrected chi connectivity index (χ4v) is 3.68. The average Bonchev–Trinajstić information content (AvgIpc) is 2.48. The zero-order valence-electron chi connectivity index (χ0n) is 11.7. The maximum atomic E-state index is 11.9. The molecule has 2 rings (SSSR count). The molecule has 2 aliphatic rings. The van der Waals surface area contributed by atoms with Gasteiger partial charge in [0.2, 0.25) is 0 Å². The van der Waals surface area contributed by atoms with Crippen LogP contribution in [-0.2, 0) is 9.59 Å². The number of carbonyl (C=O) groups excluding carboxylic acids is 2. The average molecular weight is 248 g/mol. The van der Waals surface area contributed by atoms with Crippen molar-refractivity contribution in [3.05, 3.63) is 11.6 Å². The van der Waals surface area contributed by atoms with Crippen LogP contribution in [0.15, 0.2) is 11.6 Å². The van der Waals surface area contributed by atoms with Gasteiger partial charge in [-0.25, -0.2) is 0 Å². The van der Waals surface area contributed by atoms with Crippen LogP contribution in [0.2, 0.25) is 0 Å². The summed E-state index contributed by atoms with van der Waals surface area (Å²) in [6, 6.07) is 0. The first kappa shape index (κ1) is 13.5. The molecule has 0 N–H and O–H groups in total. The monoisotopic (exact) mass is 248 g/mol. The van der Waals surface area contributed by atoms with E-state index in [-0.39, 0.29) is 11.7 Å². The van der Waals surface area contributed by atoms with Gasteiger partial charge in [0.25, 0.3) is 0 Å². The van der Waals surface area contributed by atoms with E-state index in [9.17, 15) is 9.59 Å². The predicted molar refractivity (Wildman–Crippen MR) is 72.2 cm³/mol. The number of Topliss-reactive ketones (excluding diaryl/α,β-unsaturated/α-hetero) is 2. The van der Waals surface area contributed by atoms with Crippen molar-refractivity contribution in [2.75, 3.05) is 0 Å². The van der Waals surface area contributed by atoms with Gasteiger partial charge < -0.3 is 4.79 Å². The SMILES string of the molecule is CC(=O)CCC1=C[C@@H](C)C[C@@H]2CC(=O)[C@@H](C)[C@H]2C1. The normalized spacial score (nSPS) is 35.9. The Kier molecular flexibility index (Phi) is 4.04. The van der Waals surface area contributed by atoms with Crippen LogP contribution in [0.25, 0.3) is 0 Å². The number of hydrogen-bond acceptors (Lipinski definition) is 2. The van der Waals surface area contributed by atoms with Crippen molar-refractivity contribution < 1.29 is 9.59 Å². The summed E-state index contributed by atoms with van der Waals surface area (Å²) in [6.45, 7) is 5.99. The van der Waals surface area contributed by atoms with E-state index in [4.69, 9.17) is 0 Å². The molecule has 18 heavy (non-hydrogen) atoms. The third-order valence-electron chi connectivity index (χ3n) is 4.71. The Morgan fingerprint density at radius 1 is 1.33 bits per heavy atom. The second-order valence-corrected chi connectivity index (χ2v) is 6.33. The number of rotatable bonds is 3. The summed E-state index contributed by atoms with van der Waals surface area (Å²) in [4.78, 5) is 23.0. The number of carbonyl (C=O) groups is 2. The van der Waals surface area contributed by atoms with Crippen molar-refractivity contribution in [2.45, 2.75) is 52.9 Å². The van der Waals surface area contributed by atoms with Gasteiger partial charge >= 0.3 is 0 Å². The lowest BCUT2D eigenvalue weighted by Crippen LogP contribution is -2.15. The van der Waals surface area contributed by atoms with Crippen LogP contribution in [0.3, 0.4) is 0 Å². The summed E-state index contributed by atoms with van der Waals surface area (Å²) < 4.78 is 0. The molecule has 0 amide bonds. The van der Waals surface area contributed by atoms with Crippen LogP contribution in [0.4, 0.5) is 0 Å². The zero-order chi connectivity index (χ0) is 13.3. The Labute approximate surface area is 110 Å². The second-order valence-electron chi connectivity index (χ2n) is 6.33. The molecule has 2 heteroatoms. The van der Waals surface area contributed by atoms with E-state index in [2.05, 4.69) is 19.9 Å². The molecule has 100 valence electrons. The molecule has 0 aromatic carbocycles. The lowest BCUT2D eigenvalue weighted by atomic mass is 9.83. The van der Waals surface area contributed by atoms with Gasteiger partial charge in [-0.15, -0.1) is 0 Å². The summed E-state index contributed by atoms with van der Waals surface area (Å²) in [6.07, 6.45) is 6.87. The van der Waals surface area contributed by atoms with Crippen molar-refractivity contribution in [3.8, 4) is 0 Å². The van der Waals surface area contributed by atoms with E-state index in [1.54, 1.807) is 6.92 Å². The molecular formula is C16H24O2. The topological polar surface area (TPSA) is 34.1 Å².